The summed E-state index contributed by atoms with van der Waals surface area (Å²) >= 11 is 4.98. The summed E-state index contributed by atoms with van der Waals surface area (Å²) in [7, 11) is 0. The smallest absolute Gasteiger partial charge is 0.282 e. The highest BCUT2D eigenvalue weighted by atomic mass is 35.5. The number of nitrogens with one attached hydrogen (secondary N) is 1. The molecular weight excluding hydrogens is 297 g/mol. The van der Waals surface area contributed by atoms with Crippen molar-refractivity contribution in [1.29, 1.82) is 0 Å². The first-order chi connectivity index (χ1) is 8.27. The van der Waals surface area contributed by atoms with E-state index in [-0.39, 0.29) is 11.9 Å². The fourth-order valence-electron chi connectivity index (χ4n) is 1.09. The monoisotopic (exact) mass is 300 g/mol. The molecule has 18 heavy (non-hydrogen) atoms. The van der Waals surface area contributed by atoms with Gasteiger partial charge in [-0.05, 0) is 30.5 Å². The van der Waals surface area contributed by atoms with Gasteiger partial charge in [0.2, 0.25) is 5.82 Å². The van der Waals surface area contributed by atoms with Gasteiger partial charge in [-0.3, -0.25) is 19.6 Å². The van der Waals surface area contributed by atoms with Crippen molar-refractivity contribution in [3.63, 3.8) is 0 Å². The largest absolute Gasteiger partial charge is 0.326 e. The molecule has 1 amide bonds. The zero-order valence-corrected chi connectivity index (χ0v) is 10.2. The van der Waals surface area contributed by atoms with Crippen LogP contribution in [0.3, 0.4) is 0 Å². The Morgan fingerprint density at radius 3 is 2.33 bits per heavy atom. The molecule has 0 bridgehead atoms. The third-order valence-electron chi connectivity index (χ3n) is 1.89. The van der Waals surface area contributed by atoms with Crippen molar-refractivity contribution in [2.75, 3.05) is 0 Å². The molecule has 1 rings (SSSR count). The van der Waals surface area contributed by atoms with Crippen LogP contribution in [-0.2, 0) is 0 Å². The number of nitrogens with zero attached hydrogens (tertiary/aromatic N) is 1. The van der Waals surface area contributed by atoms with Crippen LogP contribution in [0.4, 0.5) is 23.7 Å². The molecule has 1 N–H and O–H groups in total. The van der Waals surface area contributed by atoms with Crippen LogP contribution in [-0.4, -0.2) is 10.3 Å². The first-order valence-electron chi connectivity index (χ1n) is 4.21. The summed E-state index contributed by atoms with van der Waals surface area (Å²) in [6.45, 7) is 0.907. The number of rotatable bonds is 3. The summed E-state index contributed by atoms with van der Waals surface area (Å²) in [5, 5.41) is 9.43. The van der Waals surface area contributed by atoms with E-state index in [0.29, 0.717) is 0 Å². The lowest BCUT2D eigenvalue weighted by molar-refractivity contribution is -0.391. The van der Waals surface area contributed by atoms with Crippen LogP contribution in [0.5, 0.6) is 0 Å². The maximum atomic E-state index is 13.6. The number of hydrogen-bond acceptors (Lipinski definition) is 4. The second kappa shape index (κ2) is 5.44. The zero-order chi connectivity index (χ0) is 14.0. The van der Waals surface area contributed by atoms with E-state index in [9.17, 15) is 28.1 Å². The number of hydrogen-bond donors (Lipinski definition) is 1. The average molecular weight is 301 g/mol. The quantitative estimate of drug-likeness (QED) is 0.232. The van der Waals surface area contributed by atoms with Crippen molar-refractivity contribution in [2.45, 2.75) is 11.8 Å². The molecule has 1 aromatic rings. The lowest BCUT2D eigenvalue weighted by Crippen LogP contribution is -2.10. The van der Waals surface area contributed by atoms with Gasteiger partial charge < -0.3 is 0 Å². The first kappa shape index (κ1) is 14.6. The van der Waals surface area contributed by atoms with Gasteiger partial charge in [0, 0.05) is 5.56 Å². The molecule has 0 aliphatic carbocycles. The topological polar surface area (TPSA) is 72.2 Å². The Hall–Kier alpha value is -1.48. The molecule has 0 aromatic heterocycles. The third-order valence-corrected chi connectivity index (χ3v) is 2.96. The number of halogens is 4. The van der Waals surface area contributed by atoms with E-state index in [1.54, 1.807) is 4.72 Å². The minimum Gasteiger partial charge on any atom is -0.282 e. The summed E-state index contributed by atoms with van der Waals surface area (Å²) in [4.78, 5) is 18.9. The predicted octanol–water partition coefficient (Wildman–Crippen LogP) is 3.28. The molecule has 0 saturated carbocycles. The molecule has 0 heterocycles. The van der Waals surface area contributed by atoms with Gasteiger partial charge in [0.1, 0.15) is 4.90 Å². The fraction of sp³-hybridized carbons (Fsp3) is 0.125. The van der Waals surface area contributed by atoms with E-state index in [1.165, 1.54) is 0 Å². The highest BCUT2D eigenvalue weighted by molar-refractivity contribution is 7.98. The van der Waals surface area contributed by atoms with Crippen LogP contribution >= 0.6 is 23.5 Å². The molecule has 98 valence electrons. The Balaban J connectivity index is 3.46. The minimum absolute atomic E-state index is 0.0923. The molecule has 0 spiro atoms. The van der Waals surface area contributed by atoms with Gasteiger partial charge in [-0.15, -0.1) is 0 Å². The summed E-state index contributed by atoms with van der Waals surface area (Å²) in [5.41, 5.74) is -2.13. The predicted molar refractivity (Wildman–Crippen MR) is 57.9 cm³/mol. The minimum atomic E-state index is -1.80. The Morgan fingerprint density at radius 1 is 1.33 bits per heavy atom. The van der Waals surface area contributed by atoms with E-state index in [4.69, 9.17) is 11.6 Å². The van der Waals surface area contributed by atoms with Crippen LogP contribution in [0.2, 0.25) is 0 Å². The van der Waals surface area contributed by atoms with E-state index in [0.717, 1.165) is 6.92 Å². The molecule has 0 unspecified atom stereocenters. The maximum absolute atomic E-state index is 13.6. The van der Waals surface area contributed by atoms with Crippen molar-refractivity contribution in [3.05, 3.63) is 33.1 Å². The second-order valence-electron chi connectivity index (χ2n) is 2.98. The van der Waals surface area contributed by atoms with E-state index in [2.05, 4.69) is 0 Å². The van der Waals surface area contributed by atoms with Crippen LogP contribution in [0.1, 0.15) is 5.56 Å². The van der Waals surface area contributed by atoms with Crippen molar-refractivity contribution >= 4 is 34.6 Å². The van der Waals surface area contributed by atoms with Gasteiger partial charge in [0.15, 0.2) is 11.6 Å². The van der Waals surface area contributed by atoms with Crippen LogP contribution in [0.15, 0.2) is 4.90 Å². The molecule has 5 nitrogen and oxygen atoms in total. The average Bonchev–Trinajstić information content (AvgIpc) is 2.28. The zero-order valence-electron chi connectivity index (χ0n) is 8.59. The number of nitro benzene ring substituents is 1. The number of carbonyl (C=O) groups is 1. The Kier molecular flexibility index (Phi) is 4.41. The molecule has 0 atom stereocenters. The van der Waals surface area contributed by atoms with Crippen molar-refractivity contribution in [1.82, 2.24) is 4.72 Å². The number of carbonyl (C=O) groups excluding carboxylic acids is 1. The Morgan fingerprint density at radius 2 is 1.89 bits per heavy atom. The van der Waals surface area contributed by atoms with Gasteiger partial charge in [0.25, 0.3) is 0 Å². The van der Waals surface area contributed by atoms with Crippen molar-refractivity contribution in [2.24, 2.45) is 0 Å². The first-order valence-corrected chi connectivity index (χ1v) is 5.40. The molecule has 0 saturated heterocycles. The number of amides is 1. The van der Waals surface area contributed by atoms with Gasteiger partial charge >= 0.3 is 11.1 Å². The highest BCUT2D eigenvalue weighted by Gasteiger charge is 2.31. The van der Waals surface area contributed by atoms with Gasteiger partial charge in [0.05, 0.1) is 4.92 Å². The molecule has 0 fully saturated rings. The van der Waals surface area contributed by atoms with Gasteiger partial charge in [-0.1, -0.05) is 0 Å². The molecule has 1 aromatic carbocycles. The van der Waals surface area contributed by atoms with Gasteiger partial charge in [-0.25, -0.2) is 8.78 Å². The Bertz CT molecular complexity index is 541. The summed E-state index contributed by atoms with van der Waals surface area (Å²) < 4.78 is 41.9. The lowest BCUT2D eigenvalue weighted by atomic mass is 10.2. The van der Waals surface area contributed by atoms with E-state index in [1.807, 2.05) is 0 Å². The second-order valence-corrected chi connectivity index (χ2v) is 4.14. The molecule has 0 radical (unpaired) electrons. The van der Waals surface area contributed by atoms with Crippen molar-refractivity contribution < 1.29 is 22.9 Å². The standard InChI is InChI=1S/C8H4ClF3N2O3S/c1-2-3(10)5(12)6(14(16)17)7(4(2)11)18-13-8(9)15/h1H3,(H,13,15). The van der Waals surface area contributed by atoms with Gasteiger partial charge in [-0.2, -0.15) is 4.39 Å². The lowest BCUT2D eigenvalue weighted by Gasteiger charge is -2.08. The molecular formula is C8H4ClF3N2O3S. The molecule has 0 aliphatic heterocycles. The van der Waals surface area contributed by atoms with Crippen molar-refractivity contribution in [3.8, 4) is 0 Å². The normalized spacial score (nSPS) is 10.3. The Labute approximate surface area is 108 Å². The summed E-state index contributed by atoms with van der Waals surface area (Å²) in [6, 6.07) is 0. The molecule has 10 heteroatoms. The number of nitro groups is 1. The maximum Gasteiger partial charge on any atom is 0.326 e. The number of benzene rings is 1. The van der Waals surface area contributed by atoms with E-state index >= 15 is 0 Å². The highest BCUT2D eigenvalue weighted by Crippen LogP contribution is 2.36. The molecule has 0 aliphatic rings. The summed E-state index contributed by atoms with van der Waals surface area (Å²) in [6.07, 6.45) is 0. The van der Waals surface area contributed by atoms with Crippen LogP contribution in [0, 0.1) is 34.5 Å². The SMILES string of the molecule is Cc1c(F)c(F)c([N+](=O)[O-])c(SNC(=O)Cl)c1F. The fourth-order valence-corrected chi connectivity index (χ4v) is 1.89. The van der Waals surface area contributed by atoms with E-state index < -0.39 is 43.9 Å². The summed E-state index contributed by atoms with van der Waals surface area (Å²) in [5.74, 6) is -4.79. The van der Waals surface area contributed by atoms with Crippen LogP contribution in [0.25, 0.3) is 0 Å². The van der Waals surface area contributed by atoms with Crippen LogP contribution < -0.4 is 4.72 Å². The third kappa shape index (κ3) is 2.67.